The van der Waals surface area contributed by atoms with Crippen molar-refractivity contribution in [3.05, 3.63) is 46.1 Å². The first-order valence-corrected chi connectivity index (χ1v) is 15.2. The van der Waals surface area contributed by atoms with Gasteiger partial charge in [0, 0.05) is 35.6 Å². The summed E-state index contributed by atoms with van der Waals surface area (Å²) in [7, 11) is 0. The predicted molar refractivity (Wildman–Crippen MR) is 159 cm³/mol. The molecule has 0 aromatic carbocycles. The van der Waals surface area contributed by atoms with Gasteiger partial charge in [0.05, 0.1) is 33.4 Å². The second-order valence-electron chi connectivity index (χ2n) is 11.1. The minimum Gasteiger partial charge on any atom is -0.338 e. The number of pyridine rings is 2. The second kappa shape index (κ2) is 11.9. The van der Waals surface area contributed by atoms with Crippen LogP contribution < -0.4 is 5.73 Å². The van der Waals surface area contributed by atoms with E-state index in [1.54, 1.807) is 44.1 Å². The Morgan fingerprint density at radius 2 is 1.93 bits per heavy atom. The lowest BCUT2D eigenvalue weighted by molar-refractivity contribution is -0.142. The molecule has 226 valence electrons. The van der Waals surface area contributed by atoms with Crippen LogP contribution in [0, 0.1) is 24.2 Å². The van der Waals surface area contributed by atoms with Crippen molar-refractivity contribution in [2.75, 3.05) is 25.9 Å². The Bertz CT molecular complexity index is 1540. The standard InChI is InChI=1S/C28H30F3N5O3S.CH4S/c1-14-9-20(28(29,30)31)34-22(21(14)25(38)35-8-6-16(11-32)12-35)18-5-7-33-19-10-17(40-23(18)19)13-36-24(37)15(2)27(3,4)26(36)39;1-2/h5,7,9-10,15-16H,6,8,11-13,32H2,1-4H3;2H,1H3. The molecule has 5 rings (SSSR count). The first-order valence-electron chi connectivity index (χ1n) is 13.5. The lowest BCUT2D eigenvalue weighted by Crippen LogP contribution is -2.32. The number of carbonyl (C=O) groups is 3. The molecule has 3 amide bonds. The Labute approximate surface area is 251 Å². The number of amides is 3. The minimum atomic E-state index is -4.72. The van der Waals surface area contributed by atoms with Crippen molar-refractivity contribution in [2.45, 2.75) is 46.8 Å². The summed E-state index contributed by atoms with van der Waals surface area (Å²) in [5.41, 5.74) is 4.88. The number of alkyl halides is 3. The summed E-state index contributed by atoms with van der Waals surface area (Å²) in [6.07, 6.45) is -0.842. The molecule has 0 bridgehead atoms. The smallest absolute Gasteiger partial charge is 0.338 e. The fourth-order valence-corrected chi connectivity index (χ4v) is 6.50. The fraction of sp³-hybridized carbons (Fsp3) is 0.483. The summed E-state index contributed by atoms with van der Waals surface area (Å²) in [6, 6.07) is 4.17. The molecule has 13 heteroatoms. The van der Waals surface area contributed by atoms with Gasteiger partial charge >= 0.3 is 6.18 Å². The van der Waals surface area contributed by atoms with E-state index < -0.39 is 29.1 Å². The number of aryl methyl sites for hydroxylation is 1. The number of thiol groups is 1. The number of fused-ring (bicyclic) bond motifs is 1. The topological polar surface area (TPSA) is 109 Å². The van der Waals surface area contributed by atoms with Crippen molar-refractivity contribution in [2.24, 2.45) is 23.0 Å². The second-order valence-corrected chi connectivity index (χ2v) is 12.3. The number of hydrogen-bond acceptors (Lipinski definition) is 8. The van der Waals surface area contributed by atoms with Gasteiger partial charge < -0.3 is 10.6 Å². The van der Waals surface area contributed by atoms with Crippen molar-refractivity contribution < 1.29 is 27.6 Å². The molecule has 8 nitrogen and oxygen atoms in total. The van der Waals surface area contributed by atoms with Gasteiger partial charge in [-0.3, -0.25) is 24.3 Å². The van der Waals surface area contributed by atoms with Crippen LogP contribution >= 0.6 is 24.0 Å². The number of aromatic nitrogens is 2. The van der Waals surface area contributed by atoms with E-state index in [0.717, 1.165) is 12.5 Å². The van der Waals surface area contributed by atoms with Gasteiger partial charge in [0.2, 0.25) is 11.8 Å². The maximum Gasteiger partial charge on any atom is 0.433 e. The zero-order valence-electron chi connectivity index (χ0n) is 24.1. The molecule has 2 aliphatic heterocycles. The van der Waals surface area contributed by atoms with Crippen LogP contribution in [0.2, 0.25) is 0 Å². The fourth-order valence-electron chi connectivity index (χ4n) is 5.38. The van der Waals surface area contributed by atoms with Gasteiger partial charge in [-0.05, 0) is 55.8 Å². The number of hydrogen-bond donors (Lipinski definition) is 2. The molecule has 0 radical (unpaired) electrons. The number of halogens is 3. The number of thiophene rings is 1. The molecule has 2 aliphatic rings. The van der Waals surface area contributed by atoms with Gasteiger partial charge in [0.25, 0.3) is 5.91 Å². The number of rotatable bonds is 5. The summed E-state index contributed by atoms with van der Waals surface area (Å²) in [5, 5.41) is 0. The van der Waals surface area contributed by atoms with Gasteiger partial charge in [0.1, 0.15) is 5.69 Å². The summed E-state index contributed by atoms with van der Waals surface area (Å²) in [6.45, 7) is 8.01. The van der Waals surface area contributed by atoms with Crippen molar-refractivity contribution in [3.8, 4) is 11.3 Å². The molecule has 2 atom stereocenters. The average molecular weight is 622 g/mol. The molecule has 3 aromatic rings. The van der Waals surface area contributed by atoms with E-state index in [9.17, 15) is 27.6 Å². The summed E-state index contributed by atoms with van der Waals surface area (Å²) in [5.74, 6) is -1.29. The number of carbonyl (C=O) groups excluding carboxylic acids is 3. The van der Waals surface area contributed by atoms with E-state index in [2.05, 4.69) is 22.6 Å². The maximum atomic E-state index is 13.9. The lowest BCUT2D eigenvalue weighted by Gasteiger charge is -2.21. The van der Waals surface area contributed by atoms with Crippen LogP contribution in [0.5, 0.6) is 0 Å². The monoisotopic (exact) mass is 621 g/mol. The van der Waals surface area contributed by atoms with Gasteiger partial charge in [-0.2, -0.15) is 25.8 Å². The summed E-state index contributed by atoms with van der Waals surface area (Å²) >= 11 is 4.74. The van der Waals surface area contributed by atoms with E-state index in [1.165, 1.54) is 29.4 Å². The normalized spacial score (nSPS) is 20.3. The van der Waals surface area contributed by atoms with Crippen LogP contribution in [-0.2, 0) is 22.3 Å². The van der Waals surface area contributed by atoms with Crippen LogP contribution in [0.3, 0.4) is 0 Å². The third-order valence-corrected chi connectivity index (χ3v) is 9.32. The number of nitrogens with two attached hydrogens (primary N) is 1. The minimum absolute atomic E-state index is 0.0288. The van der Waals surface area contributed by atoms with Crippen LogP contribution in [0.4, 0.5) is 13.2 Å². The Kier molecular flexibility index (Phi) is 9.06. The van der Waals surface area contributed by atoms with Crippen LogP contribution in [0.25, 0.3) is 21.5 Å². The third-order valence-electron chi connectivity index (χ3n) is 8.17. The molecular formula is C29H34F3N5O3S2. The molecule has 2 fully saturated rings. The Balaban J connectivity index is 0.00000198. The number of likely N-dealkylation sites (tertiary alicyclic amines) is 2. The molecule has 2 saturated heterocycles. The van der Waals surface area contributed by atoms with Gasteiger partial charge in [0.15, 0.2) is 0 Å². The Hall–Kier alpha value is -3.03. The highest BCUT2D eigenvalue weighted by Gasteiger charge is 2.51. The highest BCUT2D eigenvalue weighted by molar-refractivity contribution is 7.79. The molecule has 0 aliphatic carbocycles. The summed E-state index contributed by atoms with van der Waals surface area (Å²) < 4.78 is 42.1. The highest BCUT2D eigenvalue weighted by atomic mass is 32.1. The van der Waals surface area contributed by atoms with E-state index in [1.807, 2.05) is 0 Å². The molecule has 2 N–H and O–H groups in total. The largest absolute Gasteiger partial charge is 0.433 e. The molecular weight excluding hydrogens is 587 g/mol. The van der Waals surface area contributed by atoms with E-state index in [0.29, 0.717) is 40.3 Å². The van der Waals surface area contributed by atoms with E-state index >= 15 is 0 Å². The molecule has 5 heterocycles. The van der Waals surface area contributed by atoms with Gasteiger partial charge in [-0.15, -0.1) is 11.3 Å². The van der Waals surface area contributed by atoms with Gasteiger partial charge in [-0.25, -0.2) is 4.98 Å². The molecule has 0 spiro atoms. The van der Waals surface area contributed by atoms with Crippen LogP contribution in [0.1, 0.15) is 53.7 Å². The molecule has 2 unspecified atom stereocenters. The predicted octanol–water partition coefficient (Wildman–Crippen LogP) is 5.18. The highest BCUT2D eigenvalue weighted by Crippen LogP contribution is 2.41. The summed E-state index contributed by atoms with van der Waals surface area (Å²) in [4.78, 5) is 51.3. The van der Waals surface area contributed by atoms with E-state index in [-0.39, 0.29) is 41.1 Å². The SMILES string of the molecule is CS.Cc1cc(C(F)(F)F)nc(-c2ccnc3cc(CN4C(=O)C(C)C(C)(C)C4=O)sc23)c1C(=O)N1CCC(CN)C1. The number of imide groups is 1. The zero-order valence-corrected chi connectivity index (χ0v) is 25.8. The Morgan fingerprint density at radius 1 is 1.24 bits per heavy atom. The first kappa shape index (κ1) is 31.9. The zero-order chi connectivity index (χ0) is 31.1. The molecule has 3 aromatic heterocycles. The van der Waals surface area contributed by atoms with Crippen molar-refractivity contribution in [3.63, 3.8) is 0 Å². The first-order chi connectivity index (χ1) is 19.7. The van der Waals surface area contributed by atoms with Crippen molar-refractivity contribution in [1.29, 1.82) is 0 Å². The lowest BCUT2D eigenvalue weighted by atomic mass is 9.82. The molecule has 0 saturated carbocycles. The van der Waals surface area contributed by atoms with Crippen molar-refractivity contribution in [1.82, 2.24) is 19.8 Å². The average Bonchev–Trinajstić information content (AvgIpc) is 3.64. The van der Waals surface area contributed by atoms with Gasteiger partial charge in [-0.1, -0.05) is 20.8 Å². The number of nitrogens with zero attached hydrogens (tertiary/aromatic N) is 4. The molecule has 42 heavy (non-hydrogen) atoms. The van der Waals surface area contributed by atoms with Crippen molar-refractivity contribution >= 4 is 51.9 Å². The van der Waals surface area contributed by atoms with Crippen LogP contribution in [-0.4, -0.2) is 63.4 Å². The third kappa shape index (κ3) is 5.66. The quantitative estimate of drug-likeness (QED) is 0.300. The maximum absolute atomic E-state index is 13.9. The van der Waals surface area contributed by atoms with E-state index in [4.69, 9.17) is 5.73 Å². The Morgan fingerprint density at radius 3 is 2.50 bits per heavy atom. The van der Waals surface area contributed by atoms with Crippen LogP contribution in [0.15, 0.2) is 24.4 Å².